The number of aromatic nitrogens is 4. The summed E-state index contributed by atoms with van der Waals surface area (Å²) in [5.74, 6) is -1.07. The Morgan fingerprint density at radius 2 is 2.24 bits per heavy atom. The third kappa shape index (κ3) is 4.16. The molecular weight excluding hydrogens is 294 g/mol. The van der Waals surface area contributed by atoms with Crippen molar-refractivity contribution < 1.29 is 14.7 Å². The van der Waals surface area contributed by atoms with Crippen LogP contribution in [0.1, 0.15) is 39.2 Å². The van der Waals surface area contributed by atoms with Crippen LogP contribution in [0.2, 0.25) is 0 Å². The number of aliphatic carboxylic acids is 1. The number of hydrogen-bond acceptors (Lipinski definition) is 6. The topological polar surface area (TPSA) is 101 Å². The van der Waals surface area contributed by atoms with Gasteiger partial charge in [0.15, 0.2) is 0 Å². The molecule has 1 aliphatic carbocycles. The summed E-state index contributed by atoms with van der Waals surface area (Å²) in [6.07, 6.45) is 2.83. The maximum atomic E-state index is 12.2. The van der Waals surface area contributed by atoms with E-state index in [1.165, 1.54) is 16.7 Å². The van der Waals surface area contributed by atoms with Crippen molar-refractivity contribution in [2.75, 3.05) is 12.3 Å². The molecule has 0 bridgehead atoms. The number of rotatable bonds is 8. The number of hydrogen-bond donors (Lipinski definition) is 1. The highest BCUT2D eigenvalue weighted by Crippen LogP contribution is 2.36. The van der Waals surface area contributed by atoms with Gasteiger partial charge in [-0.1, -0.05) is 18.7 Å². The highest BCUT2D eigenvalue weighted by molar-refractivity contribution is 7.99. The summed E-state index contributed by atoms with van der Waals surface area (Å²) in [7, 11) is 0. The lowest BCUT2D eigenvalue weighted by molar-refractivity contribution is -0.144. The van der Waals surface area contributed by atoms with Gasteiger partial charge in [-0.2, -0.15) is 0 Å². The minimum absolute atomic E-state index is 0.103. The molecule has 8 nitrogen and oxygen atoms in total. The third-order valence-corrected chi connectivity index (χ3v) is 4.35. The number of carboxylic acids is 1. The fraction of sp³-hybridized carbons (Fsp3) is 0.750. The summed E-state index contributed by atoms with van der Waals surface area (Å²) in [5, 5.41) is 21.0. The maximum absolute atomic E-state index is 12.2. The first-order valence-corrected chi connectivity index (χ1v) is 7.93. The summed E-state index contributed by atoms with van der Waals surface area (Å²) in [5.41, 5.74) is 0. The van der Waals surface area contributed by atoms with Gasteiger partial charge in [-0.15, -0.1) is 5.10 Å². The van der Waals surface area contributed by atoms with Crippen LogP contribution < -0.4 is 0 Å². The third-order valence-electron chi connectivity index (χ3n) is 3.43. The van der Waals surface area contributed by atoms with E-state index in [1.54, 1.807) is 4.68 Å². The average molecular weight is 313 g/mol. The van der Waals surface area contributed by atoms with E-state index in [0.29, 0.717) is 17.6 Å². The zero-order valence-electron chi connectivity index (χ0n) is 12.1. The van der Waals surface area contributed by atoms with E-state index >= 15 is 0 Å². The van der Waals surface area contributed by atoms with Crippen LogP contribution in [0.5, 0.6) is 0 Å². The van der Waals surface area contributed by atoms with Crippen molar-refractivity contribution in [2.24, 2.45) is 0 Å². The molecule has 1 aliphatic rings. The first kappa shape index (κ1) is 15.7. The van der Waals surface area contributed by atoms with Crippen molar-refractivity contribution in [3.05, 3.63) is 0 Å². The molecule has 1 aromatic rings. The van der Waals surface area contributed by atoms with Crippen LogP contribution in [0.3, 0.4) is 0 Å². The van der Waals surface area contributed by atoms with E-state index in [4.69, 9.17) is 5.11 Å². The number of carbonyl (C=O) groups is 2. The molecule has 1 amide bonds. The Morgan fingerprint density at radius 3 is 2.81 bits per heavy atom. The van der Waals surface area contributed by atoms with Gasteiger partial charge in [0.1, 0.15) is 6.54 Å². The zero-order valence-corrected chi connectivity index (χ0v) is 12.9. The standard InChI is InChI=1S/C12H19N5O3S/c1-3-8(2)16(6-11(19)20)10(18)7-21-12-13-14-15-17(12)9-4-5-9/h8-9H,3-7H2,1-2H3,(H,19,20). The SMILES string of the molecule is CCC(C)N(CC(=O)O)C(=O)CSc1nnnn1C1CC1. The first-order valence-electron chi connectivity index (χ1n) is 6.94. The van der Waals surface area contributed by atoms with Crippen molar-refractivity contribution >= 4 is 23.6 Å². The van der Waals surface area contributed by atoms with Crippen LogP contribution in [-0.2, 0) is 9.59 Å². The molecule has 0 spiro atoms. The van der Waals surface area contributed by atoms with Crippen LogP contribution >= 0.6 is 11.8 Å². The van der Waals surface area contributed by atoms with Crippen LogP contribution in [0, 0.1) is 0 Å². The molecule has 21 heavy (non-hydrogen) atoms. The van der Waals surface area contributed by atoms with Gasteiger partial charge >= 0.3 is 5.97 Å². The van der Waals surface area contributed by atoms with Gasteiger partial charge in [0, 0.05) is 6.04 Å². The Bertz CT molecular complexity index is 517. The molecule has 0 aromatic carbocycles. The number of carbonyl (C=O) groups excluding carboxylic acids is 1. The molecule has 1 fully saturated rings. The fourth-order valence-corrected chi connectivity index (χ4v) is 2.72. The summed E-state index contributed by atoms with van der Waals surface area (Å²) in [6.45, 7) is 3.50. The van der Waals surface area contributed by atoms with Gasteiger partial charge in [0.25, 0.3) is 0 Å². The maximum Gasteiger partial charge on any atom is 0.323 e. The summed E-state index contributed by atoms with van der Waals surface area (Å²) < 4.78 is 1.74. The molecule has 1 unspecified atom stereocenters. The Kier molecular flexibility index (Phi) is 5.16. The molecule has 1 N–H and O–H groups in total. The molecule has 1 heterocycles. The predicted octanol–water partition coefficient (Wildman–Crippen LogP) is 0.812. The molecule has 2 rings (SSSR count). The zero-order chi connectivity index (χ0) is 15.4. The Labute approximate surface area is 126 Å². The Hall–Kier alpha value is -1.64. The highest BCUT2D eigenvalue weighted by Gasteiger charge is 2.29. The van der Waals surface area contributed by atoms with Crippen molar-refractivity contribution in [3.8, 4) is 0 Å². The van der Waals surface area contributed by atoms with Crippen molar-refractivity contribution in [2.45, 2.75) is 50.4 Å². The molecule has 0 saturated heterocycles. The molecule has 1 saturated carbocycles. The van der Waals surface area contributed by atoms with Crippen LogP contribution in [-0.4, -0.2) is 60.4 Å². The second-order valence-electron chi connectivity index (χ2n) is 5.10. The van der Waals surface area contributed by atoms with E-state index in [9.17, 15) is 9.59 Å². The lowest BCUT2D eigenvalue weighted by Crippen LogP contribution is -2.42. The van der Waals surface area contributed by atoms with Crippen molar-refractivity contribution in [3.63, 3.8) is 0 Å². The van der Waals surface area contributed by atoms with Crippen molar-refractivity contribution in [1.82, 2.24) is 25.1 Å². The van der Waals surface area contributed by atoms with E-state index < -0.39 is 5.97 Å². The lowest BCUT2D eigenvalue weighted by atomic mass is 10.2. The first-order chi connectivity index (χ1) is 10.0. The number of tetrazole rings is 1. The summed E-state index contributed by atoms with van der Waals surface area (Å²) in [6, 6.07) is 0.246. The van der Waals surface area contributed by atoms with Gasteiger partial charge in [-0.3, -0.25) is 9.59 Å². The van der Waals surface area contributed by atoms with Crippen LogP contribution in [0.25, 0.3) is 0 Å². The van der Waals surface area contributed by atoms with Crippen molar-refractivity contribution in [1.29, 1.82) is 0 Å². The van der Waals surface area contributed by atoms with Gasteiger partial charge in [-0.25, -0.2) is 4.68 Å². The smallest absolute Gasteiger partial charge is 0.323 e. The van der Waals surface area contributed by atoms with Gasteiger partial charge in [0.2, 0.25) is 11.1 Å². The molecule has 1 aromatic heterocycles. The average Bonchev–Trinajstić information content (AvgIpc) is 3.20. The van der Waals surface area contributed by atoms with E-state index in [1.807, 2.05) is 13.8 Å². The lowest BCUT2D eigenvalue weighted by Gasteiger charge is -2.26. The Balaban J connectivity index is 1.94. The van der Waals surface area contributed by atoms with E-state index in [-0.39, 0.29) is 24.2 Å². The molecule has 9 heteroatoms. The van der Waals surface area contributed by atoms with Gasteiger partial charge in [0.05, 0.1) is 11.8 Å². The second kappa shape index (κ2) is 6.88. The number of thioether (sulfide) groups is 1. The molecular formula is C12H19N5O3S. The summed E-state index contributed by atoms with van der Waals surface area (Å²) in [4.78, 5) is 24.5. The second-order valence-corrected chi connectivity index (χ2v) is 6.04. The summed E-state index contributed by atoms with van der Waals surface area (Å²) >= 11 is 1.26. The monoisotopic (exact) mass is 313 g/mol. The largest absolute Gasteiger partial charge is 0.480 e. The molecule has 116 valence electrons. The quantitative estimate of drug-likeness (QED) is 0.709. The number of nitrogens with zero attached hydrogens (tertiary/aromatic N) is 5. The minimum Gasteiger partial charge on any atom is -0.480 e. The molecule has 1 atom stereocenters. The van der Waals surface area contributed by atoms with Gasteiger partial charge < -0.3 is 10.0 Å². The van der Waals surface area contributed by atoms with Crippen LogP contribution in [0.15, 0.2) is 5.16 Å². The number of amides is 1. The molecule has 0 aliphatic heterocycles. The van der Waals surface area contributed by atoms with E-state index in [0.717, 1.165) is 12.8 Å². The predicted molar refractivity (Wildman–Crippen MR) is 75.9 cm³/mol. The van der Waals surface area contributed by atoms with Gasteiger partial charge in [-0.05, 0) is 36.6 Å². The highest BCUT2D eigenvalue weighted by atomic mass is 32.2. The van der Waals surface area contributed by atoms with Crippen LogP contribution in [0.4, 0.5) is 0 Å². The number of carboxylic acid groups (broad SMARTS) is 1. The Morgan fingerprint density at radius 1 is 1.52 bits per heavy atom. The normalized spacial score (nSPS) is 15.7. The van der Waals surface area contributed by atoms with E-state index in [2.05, 4.69) is 15.5 Å². The molecule has 0 radical (unpaired) electrons. The fourth-order valence-electron chi connectivity index (χ4n) is 1.89. The minimum atomic E-state index is -1.00.